The molecule has 0 aliphatic carbocycles. The van der Waals surface area contributed by atoms with Crippen LogP contribution in [0.4, 0.5) is 19.0 Å². The first-order chi connectivity index (χ1) is 12.9. The molecule has 3 aromatic heterocycles. The summed E-state index contributed by atoms with van der Waals surface area (Å²) in [5.41, 5.74) is -1.45. The first-order valence-corrected chi connectivity index (χ1v) is 8.25. The van der Waals surface area contributed by atoms with Crippen LogP contribution >= 0.6 is 0 Å². The molecule has 1 atom stereocenters. The summed E-state index contributed by atoms with van der Waals surface area (Å²) in [6.07, 6.45) is -0.146. The molecular weight excluding hydrogens is 361 g/mol. The highest BCUT2D eigenvalue weighted by Crippen LogP contribution is 2.47. The number of hydrogen-bond donors (Lipinski definition) is 0. The van der Waals surface area contributed by atoms with Crippen LogP contribution in [-0.2, 0) is 5.41 Å². The average Bonchev–Trinajstić information content (AvgIpc) is 3.31. The van der Waals surface area contributed by atoms with Gasteiger partial charge in [0.25, 0.3) is 0 Å². The molecule has 7 nitrogen and oxygen atoms in total. The van der Waals surface area contributed by atoms with E-state index in [0.717, 1.165) is 5.56 Å². The summed E-state index contributed by atoms with van der Waals surface area (Å²) in [7, 11) is 0. The smallest absolute Gasteiger partial charge is 0.355 e. The molecule has 10 heteroatoms. The van der Waals surface area contributed by atoms with Crippen molar-refractivity contribution >= 4 is 5.82 Å². The quantitative estimate of drug-likeness (QED) is 0.695. The van der Waals surface area contributed by atoms with Crippen molar-refractivity contribution in [1.82, 2.24) is 25.1 Å². The molecule has 1 unspecified atom stereocenters. The van der Waals surface area contributed by atoms with E-state index in [9.17, 15) is 13.2 Å². The average molecular weight is 376 g/mol. The van der Waals surface area contributed by atoms with Gasteiger partial charge in [-0.15, -0.1) is 0 Å². The summed E-state index contributed by atoms with van der Waals surface area (Å²) in [4.78, 5) is 17.8. The summed E-state index contributed by atoms with van der Waals surface area (Å²) < 4.78 is 47.2. The second-order valence-electron chi connectivity index (χ2n) is 6.45. The predicted molar refractivity (Wildman–Crippen MR) is 88.9 cm³/mol. The normalized spacial score (nSPS) is 20.2. The van der Waals surface area contributed by atoms with Gasteiger partial charge in [0.1, 0.15) is 5.82 Å². The molecule has 0 spiro atoms. The van der Waals surface area contributed by atoms with Gasteiger partial charge >= 0.3 is 6.18 Å². The zero-order valence-corrected chi connectivity index (χ0v) is 14.3. The van der Waals surface area contributed by atoms with Gasteiger partial charge in [-0.2, -0.15) is 18.2 Å². The Hall–Kier alpha value is -3.04. The number of alkyl halides is 3. The van der Waals surface area contributed by atoms with E-state index in [1.807, 2.05) is 0 Å². The van der Waals surface area contributed by atoms with Crippen LogP contribution in [0.1, 0.15) is 17.9 Å². The zero-order valence-electron chi connectivity index (χ0n) is 14.3. The Morgan fingerprint density at radius 3 is 2.56 bits per heavy atom. The molecule has 4 rings (SSSR count). The molecule has 0 aromatic carbocycles. The summed E-state index contributed by atoms with van der Waals surface area (Å²) in [6.45, 7) is 1.63. The Morgan fingerprint density at radius 2 is 1.89 bits per heavy atom. The third kappa shape index (κ3) is 3.00. The van der Waals surface area contributed by atoms with E-state index in [4.69, 9.17) is 4.52 Å². The van der Waals surface area contributed by atoms with E-state index in [1.54, 1.807) is 36.2 Å². The molecule has 27 heavy (non-hydrogen) atoms. The Morgan fingerprint density at radius 1 is 1.11 bits per heavy atom. The number of aryl methyl sites for hydroxylation is 1. The zero-order chi connectivity index (χ0) is 19.1. The van der Waals surface area contributed by atoms with E-state index in [2.05, 4.69) is 25.1 Å². The van der Waals surface area contributed by atoms with Gasteiger partial charge in [-0.25, -0.2) is 15.0 Å². The van der Waals surface area contributed by atoms with Crippen LogP contribution < -0.4 is 4.90 Å². The number of halogens is 3. The van der Waals surface area contributed by atoms with Crippen LogP contribution in [0.3, 0.4) is 0 Å². The Bertz CT molecular complexity index is 928. The lowest BCUT2D eigenvalue weighted by atomic mass is 9.86. The van der Waals surface area contributed by atoms with Crippen molar-refractivity contribution in [2.45, 2.75) is 24.9 Å². The fourth-order valence-corrected chi connectivity index (χ4v) is 3.09. The Kier molecular flexibility index (Phi) is 4.05. The third-order valence-electron chi connectivity index (χ3n) is 4.60. The number of nitrogens with zero attached hydrogens (tertiary/aromatic N) is 6. The SMILES string of the molecule is Cc1cnc(-c2noc(C3(C(F)(F)F)CCN(c4ccccn4)C3)n2)nc1. The molecule has 140 valence electrons. The maximum atomic E-state index is 14.0. The van der Waals surface area contributed by atoms with E-state index < -0.39 is 17.5 Å². The summed E-state index contributed by atoms with van der Waals surface area (Å²) >= 11 is 0. The second-order valence-corrected chi connectivity index (χ2v) is 6.45. The summed E-state index contributed by atoms with van der Waals surface area (Å²) in [5.74, 6) is 0.0512. The lowest BCUT2D eigenvalue weighted by molar-refractivity contribution is -0.191. The van der Waals surface area contributed by atoms with Crippen molar-refractivity contribution < 1.29 is 17.7 Å². The number of hydrogen-bond acceptors (Lipinski definition) is 7. The largest absolute Gasteiger partial charge is 0.405 e. The minimum Gasteiger partial charge on any atom is -0.355 e. The lowest BCUT2D eigenvalue weighted by Crippen LogP contribution is -2.45. The van der Waals surface area contributed by atoms with Gasteiger partial charge in [0.15, 0.2) is 5.41 Å². The predicted octanol–water partition coefficient (Wildman–Crippen LogP) is 2.94. The standard InChI is InChI=1S/C17H15F3N6O/c1-11-8-22-13(23-9-11)14-24-15(27-25-14)16(17(18,19)20)5-7-26(10-16)12-4-2-3-6-21-12/h2-4,6,8-9H,5,7,10H2,1H3. The van der Waals surface area contributed by atoms with E-state index in [0.29, 0.717) is 5.82 Å². The van der Waals surface area contributed by atoms with Crippen molar-refractivity contribution in [2.75, 3.05) is 18.0 Å². The lowest BCUT2D eigenvalue weighted by Gasteiger charge is -2.28. The molecular formula is C17H15F3N6O. The van der Waals surface area contributed by atoms with E-state index >= 15 is 0 Å². The van der Waals surface area contributed by atoms with Gasteiger partial charge in [-0.05, 0) is 31.0 Å². The van der Waals surface area contributed by atoms with Crippen LogP contribution in [0.15, 0.2) is 41.3 Å². The third-order valence-corrected chi connectivity index (χ3v) is 4.60. The van der Waals surface area contributed by atoms with E-state index in [-0.39, 0.29) is 31.2 Å². The second kappa shape index (κ2) is 6.29. The Labute approximate surface area is 152 Å². The molecule has 0 radical (unpaired) electrons. The summed E-state index contributed by atoms with van der Waals surface area (Å²) in [5, 5.41) is 3.67. The molecule has 4 heterocycles. The maximum Gasteiger partial charge on any atom is 0.405 e. The van der Waals surface area contributed by atoms with Gasteiger partial charge < -0.3 is 9.42 Å². The molecule has 0 saturated carbocycles. The highest BCUT2D eigenvalue weighted by atomic mass is 19.4. The van der Waals surface area contributed by atoms with Crippen LogP contribution in [0, 0.1) is 6.92 Å². The molecule has 1 aliphatic heterocycles. The highest BCUT2D eigenvalue weighted by Gasteiger charge is 2.63. The van der Waals surface area contributed by atoms with Gasteiger partial charge in [-0.1, -0.05) is 11.2 Å². The first-order valence-electron chi connectivity index (χ1n) is 8.25. The number of anilines is 1. The molecule has 1 fully saturated rings. The first kappa shape index (κ1) is 17.4. The van der Waals surface area contributed by atoms with Crippen molar-refractivity contribution in [2.24, 2.45) is 0 Å². The summed E-state index contributed by atoms with van der Waals surface area (Å²) in [6, 6.07) is 5.11. The van der Waals surface area contributed by atoms with E-state index in [1.165, 1.54) is 12.4 Å². The van der Waals surface area contributed by atoms with Crippen LogP contribution in [0.2, 0.25) is 0 Å². The fraction of sp³-hybridized carbons (Fsp3) is 0.353. The molecule has 0 bridgehead atoms. The van der Waals surface area contributed by atoms with Crippen molar-refractivity contribution in [3.05, 3.63) is 48.2 Å². The monoisotopic (exact) mass is 376 g/mol. The highest BCUT2D eigenvalue weighted by molar-refractivity contribution is 5.44. The van der Waals surface area contributed by atoms with Crippen LogP contribution in [0.25, 0.3) is 11.6 Å². The van der Waals surface area contributed by atoms with Crippen LogP contribution in [-0.4, -0.2) is 44.4 Å². The topological polar surface area (TPSA) is 80.8 Å². The van der Waals surface area contributed by atoms with Crippen molar-refractivity contribution in [1.29, 1.82) is 0 Å². The van der Waals surface area contributed by atoms with Gasteiger partial charge in [-0.3, -0.25) is 0 Å². The Balaban J connectivity index is 1.69. The van der Waals surface area contributed by atoms with Gasteiger partial charge in [0, 0.05) is 31.7 Å². The van der Waals surface area contributed by atoms with Crippen LogP contribution in [0.5, 0.6) is 0 Å². The molecule has 3 aromatic rings. The number of rotatable bonds is 3. The molecule has 0 N–H and O–H groups in total. The van der Waals surface area contributed by atoms with Crippen molar-refractivity contribution in [3.8, 4) is 11.6 Å². The van der Waals surface area contributed by atoms with Gasteiger partial charge in [0.05, 0.1) is 0 Å². The molecule has 0 amide bonds. The molecule has 1 aliphatic rings. The number of aromatic nitrogens is 5. The molecule has 1 saturated heterocycles. The van der Waals surface area contributed by atoms with Gasteiger partial charge in [0.2, 0.25) is 17.5 Å². The maximum absolute atomic E-state index is 14.0. The minimum atomic E-state index is -4.56. The fourth-order valence-electron chi connectivity index (χ4n) is 3.09. The minimum absolute atomic E-state index is 0.0649. The number of pyridine rings is 1. The van der Waals surface area contributed by atoms with Crippen molar-refractivity contribution in [3.63, 3.8) is 0 Å².